The van der Waals surface area contributed by atoms with Crippen LogP contribution in [0, 0.1) is 6.92 Å². The Morgan fingerprint density at radius 3 is 2.41 bits per heavy atom. The molecule has 0 aliphatic rings. The maximum Gasteiger partial charge on any atom is 0.339 e. The average Bonchev–Trinajstić information content (AvgIpc) is 2.60. The minimum absolute atomic E-state index is 0.0560. The summed E-state index contributed by atoms with van der Waals surface area (Å²) in [5.41, 5.74) is 0.0553. The van der Waals surface area contributed by atoms with Gasteiger partial charge in [-0.1, -0.05) is 30.3 Å². The highest BCUT2D eigenvalue weighted by molar-refractivity contribution is 7.85. The molecule has 3 aromatic rings. The molecule has 0 bridgehead atoms. The molecular weight excluding hydrogens is 372 g/mol. The van der Waals surface area contributed by atoms with Crippen molar-refractivity contribution in [1.29, 1.82) is 0 Å². The van der Waals surface area contributed by atoms with Gasteiger partial charge in [-0.2, -0.15) is 13.5 Å². The van der Waals surface area contributed by atoms with Gasteiger partial charge in [0.25, 0.3) is 10.1 Å². The molecule has 0 aromatic heterocycles. The Kier molecular flexibility index (Phi) is 4.64. The van der Waals surface area contributed by atoms with Gasteiger partial charge in [-0.3, -0.25) is 4.55 Å². The summed E-state index contributed by atoms with van der Waals surface area (Å²) in [7, 11) is -4.43. The molecule has 0 atom stereocenters. The molecule has 3 aromatic carbocycles. The van der Waals surface area contributed by atoms with Gasteiger partial charge in [0.1, 0.15) is 11.3 Å². The molecule has 9 heteroatoms. The van der Waals surface area contributed by atoms with E-state index < -0.39 is 21.8 Å². The molecule has 8 nitrogen and oxygen atoms in total. The van der Waals surface area contributed by atoms with Gasteiger partial charge in [-0.05, 0) is 36.1 Å². The number of carbonyl (C=O) groups is 1. The fourth-order valence-corrected chi connectivity index (χ4v) is 3.36. The lowest BCUT2D eigenvalue weighted by molar-refractivity contribution is 0.0694. The molecule has 0 saturated carbocycles. The lowest BCUT2D eigenvalue weighted by Crippen LogP contribution is -2.00. The Morgan fingerprint density at radius 1 is 1.04 bits per heavy atom. The molecule has 0 amide bonds. The SMILES string of the molecule is Cc1ccc(N=Nc2c(O)c(C(=O)O)cc3ccccc23)cc1S(=O)(=O)O. The number of azo groups is 1. The molecule has 0 spiro atoms. The maximum absolute atomic E-state index is 11.4. The number of rotatable bonds is 4. The summed E-state index contributed by atoms with van der Waals surface area (Å²) in [6.07, 6.45) is 0. The van der Waals surface area contributed by atoms with Crippen molar-refractivity contribution in [1.82, 2.24) is 0 Å². The van der Waals surface area contributed by atoms with Crippen LogP contribution in [0.1, 0.15) is 15.9 Å². The minimum Gasteiger partial charge on any atom is -0.505 e. The zero-order valence-electron chi connectivity index (χ0n) is 14.0. The molecule has 0 aliphatic carbocycles. The number of fused-ring (bicyclic) bond motifs is 1. The Bertz CT molecular complexity index is 1200. The van der Waals surface area contributed by atoms with Crippen LogP contribution in [0.4, 0.5) is 11.4 Å². The van der Waals surface area contributed by atoms with Crippen LogP contribution in [0.15, 0.2) is 63.7 Å². The summed E-state index contributed by atoms with van der Waals surface area (Å²) < 4.78 is 32.1. The van der Waals surface area contributed by atoms with Gasteiger partial charge in [-0.15, -0.1) is 5.11 Å². The summed E-state index contributed by atoms with van der Waals surface area (Å²) in [6, 6.07) is 12.1. The highest BCUT2D eigenvalue weighted by Crippen LogP contribution is 2.39. The number of aromatic hydroxyl groups is 1. The molecule has 0 fully saturated rings. The number of hydrogen-bond donors (Lipinski definition) is 3. The topological polar surface area (TPSA) is 137 Å². The van der Waals surface area contributed by atoms with Crippen LogP contribution in [-0.4, -0.2) is 29.2 Å². The first-order valence-electron chi connectivity index (χ1n) is 7.66. The van der Waals surface area contributed by atoms with E-state index >= 15 is 0 Å². The predicted molar refractivity (Wildman–Crippen MR) is 97.7 cm³/mol. The second kappa shape index (κ2) is 6.78. The van der Waals surface area contributed by atoms with E-state index in [4.69, 9.17) is 0 Å². The van der Waals surface area contributed by atoms with E-state index in [-0.39, 0.29) is 21.8 Å². The number of carboxylic acid groups (broad SMARTS) is 1. The summed E-state index contributed by atoms with van der Waals surface area (Å²) >= 11 is 0. The number of carboxylic acids is 1. The van der Waals surface area contributed by atoms with Gasteiger partial charge in [0.2, 0.25) is 0 Å². The normalized spacial score (nSPS) is 11.9. The lowest BCUT2D eigenvalue weighted by atomic mass is 10.0. The number of benzene rings is 3. The molecule has 0 heterocycles. The largest absolute Gasteiger partial charge is 0.505 e. The van der Waals surface area contributed by atoms with Crippen LogP contribution in [0.2, 0.25) is 0 Å². The van der Waals surface area contributed by atoms with Crippen molar-refractivity contribution in [3.05, 3.63) is 59.7 Å². The van der Waals surface area contributed by atoms with Gasteiger partial charge in [0.05, 0.1) is 10.6 Å². The van der Waals surface area contributed by atoms with Crippen molar-refractivity contribution in [2.45, 2.75) is 11.8 Å². The fraction of sp³-hybridized carbons (Fsp3) is 0.0556. The van der Waals surface area contributed by atoms with Crippen LogP contribution >= 0.6 is 0 Å². The van der Waals surface area contributed by atoms with E-state index in [1.54, 1.807) is 24.3 Å². The van der Waals surface area contributed by atoms with E-state index in [1.807, 2.05) is 0 Å². The van der Waals surface area contributed by atoms with Crippen LogP contribution < -0.4 is 0 Å². The monoisotopic (exact) mass is 386 g/mol. The predicted octanol–water partition coefficient (Wildman–Crippen LogP) is 4.21. The maximum atomic E-state index is 11.4. The Morgan fingerprint density at radius 2 is 1.74 bits per heavy atom. The number of phenols is 1. The number of hydrogen-bond acceptors (Lipinski definition) is 6. The zero-order chi connectivity index (χ0) is 19.8. The van der Waals surface area contributed by atoms with Crippen molar-refractivity contribution >= 4 is 38.2 Å². The molecule has 27 heavy (non-hydrogen) atoms. The molecular formula is C18H14N2O6S. The third-order valence-electron chi connectivity index (χ3n) is 3.94. The number of nitrogens with zero attached hydrogens (tertiary/aromatic N) is 2. The summed E-state index contributed by atoms with van der Waals surface area (Å²) in [5, 5.41) is 28.4. The first-order valence-corrected chi connectivity index (χ1v) is 9.10. The second-order valence-corrected chi connectivity index (χ2v) is 7.16. The standard InChI is InChI=1S/C18H14N2O6S/c1-10-6-7-12(9-15(10)27(24,25)26)19-20-16-13-5-3-2-4-11(13)8-14(17(16)21)18(22)23/h2-9,21H,1H3,(H,22,23)(H,24,25,26). The van der Waals surface area contributed by atoms with Gasteiger partial charge in [-0.25, -0.2) is 4.79 Å². The van der Waals surface area contributed by atoms with Crippen molar-refractivity contribution < 1.29 is 28.0 Å². The average molecular weight is 386 g/mol. The van der Waals surface area contributed by atoms with Crippen molar-refractivity contribution in [2.24, 2.45) is 10.2 Å². The fourth-order valence-electron chi connectivity index (χ4n) is 2.62. The summed E-state index contributed by atoms with van der Waals surface area (Å²) in [4.78, 5) is 11.0. The summed E-state index contributed by atoms with van der Waals surface area (Å²) in [5.74, 6) is -1.87. The van der Waals surface area contributed by atoms with E-state index in [0.717, 1.165) is 6.07 Å². The van der Waals surface area contributed by atoms with Gasteiger partial charge in [0.15, 0.2) is 5.75 Å². The van der Waals surface area contributed by atoms with Crippen molar-refractivity contribution in [2.75, 3.05) is 0 Å². The first-order chi connectivity index (χ1) is 12.7. The molecule has 0 aliphatic heterocycles. The zero-order valence-corrected chi connectivity index (χ0v) is 14.8. The third-order valence-corrected chi connectivity index (χ3v) is 4.94. The molecule has 3 rings (SSSR count). The lowest BCUT2D eigenvalue weighted by Gasteiger charge is -2.08. The second-order valence-electron chi connectivity index (χ2n) is 5.77. The third kappa shape index (κ3) is 3.64. The quantitative estimate of drug-likeness (QED) is 0.454. The van der Waals surface area contributed by atoms with E-state index in [0.29, 0.717) is 16.3 Å². The van der Waals surface area contributed by atoms with Gasteiger partial charge >= 0.3 is 5.97 Å². The van der Waals surface area contributed by atoms with Crippen LogP contribution in [0.5, 0.6) is 5.75 Å². The molecule has 0 unspecified atom stereocenters. The van der Waals surface area contributed by atoms with Crippen molar-refractivity contribution in [3.63, 3.8) is 0 Å². The molecule has 0 radical (unpaired) electrons. The van der Waals surface area contributed by atoms with Crippen LogP contribution in [0.25, 0.3) is 10.8 Å². The highest BCUT2D eigenvalue weighted by atomic mass is 32.2. The highest BCUT2D eigenvalue weighted by Gasteiger charge is 2.18. The number of aryl methyl sites for hydroxylation is 1. The smallest absolute Gasteiger partial charge is 0.339 e. The van der Waals surface area contributed by atoms with E-state index in [9.17, 15) is 28.0 Å². The van der Waals surface area contributed by atoms with Crippen molar-refractivity contribution in [3.8, 4) is 5.75 Å². The molecule has 138 valence electrons. The van der Waals surface area contributed by atoms with Crippen LogP contribution in [-0.2, 0) is 10.1 Å². The van der Waals surface area contributed by atoms with Gasteiger partial charge in [0, 0.05) is 5.39 Å². The van der Waals surface area contributed by atoms with Gasteiger partial charge < -0.3 is 10.2 Å². The first kappa shape index (κ1) is 18.5. The Hall–Kier alpha value is -3.30. The summed E-state index contributed by atoms with van der Waals surface area (Å²) in [6.45, 7) is 1.51. The van der Waals surface area contributed by atoms with Crippen LogP contribution in [0.3, 0.4) is 0 Å². The Labute approximate surface area is 154 Å². The molecule has 0 saturated heterocycles. The minimum atomic E-state index is -4.43. The number of aromatic carboxylic acids is 1. The Balaban J connectivity index is 2.17. The van der Waals surface area contributed by atoms with E-state index in [1.165, 1.54) is 25.1 Å². The molecule has 3 N–H and O–H groups in total. The van der Waals surface area contributed by atoms with E-state index in [2.05, 4.69) is 10.2 Å².